The Bertz CT molecular complexity index is 1250. The predicted octanol–water partition coefficient (Wildman–Crippen LogP) is 3.66. The first kappa shape index (κ1) is 23.4. The maximum absolute atomic E-state index is 13.2. The standard InChI is InChI=1S/C22H20ClN3O5S2/c23-16-7-8-19(24-13-16)25-20(27)14-31-21(28)12-18-17-5-2-1-4-15(17)9-10-26(18)33(29,30)22-6-3-11-32-22/h1-8,11,13,18H,9-10,12,14H2,(H,24,25,27). The first-order chi connectivity index (χ1) is 15.8. The van der Waals surface area contributed by atoms with Crippen molar-refractivity contribution in [1.29, 1.82) is 0 Å². The van der Waals surface area contributed by atoms with Crippen LogP contribution in [0.15, 0.2) is 64.3 Å². The number of fused-ring (bicyclic) bond motifs is 1. The Morgan fingerprint density at radius 3 is 2.73 bits per heavy atom. The fraction of sp³-hybridized carbons (Fsp3) is 0.227. The fourth-order valence-electron chi connectivity index (χ4n) is 3.65. The molecule has 172 valence electrons. The number of sulfonamides is 1. The number of hydrogen-bond donors (Lipinski definition) is 1. The van der Waals surface area contributed by atoms with E-state index >= 15 is 0 Å². The Morgan fingerprint density at radius 2 is 2.00 bits per heavy atom. The average Bonchev–Trinajstić information content (AvgIpc) is 3.35. The van der Waals surface area contributed by atoms with E-state index in [0.717, 1.165) is 22.5 Å². The van der Waals surface area contributed by atoms with Crippen molar-refractivity contribution < 1.29 is 22.7 Å². The summed E-state index contributed by atoms with van der Waals surface area (Å²) in [7, 11) is -3.79. The molecule has 0 fully saturated rings. The summed E-state index contributed by atoms with van der Waals surface area (Å²) in [6, 6.07) is 13.0. The third-order valence-electron chi connectivity index (χ3n) is 5.14. The largest absolute Gasteiger partial charge is 0.456 e. The number of carbonyl (C=O) groups is 2. The van der Waals surface area contributed by atoms with E-state index in [1.165, 1.54) is 16.6 Å². The lowest BCUT2D eigenvalue weighted by Crippen LogP contribution is -2.41. The number of anilines is 1. The van der Waals surface area contributed by atoms with Crippen molar-refractivity contribution in [2.24, 2.45) is 0 Å². The van der Waals surface area contributed by atoms with E-state index in [4.69, 9.17) is 16.3 Å². The van der Waals surface area contributed by atoms with Gasteiger partial charge in [-0.05, 0) is 41.1 Å². The normalized spacial score (nSPS) is 16.1. The number of carbonyl (C=O) groups excluding carboxylic acids is 2. The molecule has 4 rings (SSSR count). The zero-order valence-electron chi connectivity index (χ0n) is 17.3. The molecule has 33 heavy (non-hydrogen) atoms. The molecular weight excluding hydrogens is 486 g/mol. The first-order valence-corrected chi connectivity index (χ1v) is 12.7. The van der Waals surface area contributed by atoms with E-state index < -0.39 is 34.5 Å². The van der Waals surface area contributed by atoms with Gasteiger partial charge in [-0.15, -0.1) is 11.3 Å². The van der Waals surface area contributed by atoms with Crippen LogP contribution in [0.4, 0.5) is 5.82 Å². The van der Waals surface area contributed by atoms with Crippen LogP contribution in [0, 0.1) is 0 Å². The summed E-state index contributed by atoms with van der Waals surface area (Å²) in [6.07, 6.45) is 1.71. The average molecular weight is 506 g/mol. The predicted molar refractivity (Wildman–Crippen MR) is 125 cm³/mol. The molecule has 0 saturated carbocycles. The van der Waals surface area contributed by atoms with Crippen molar-refractivity contribution in [1.82, 2.24) is 9.29 Å². The highest BCUT2D eigenvalue weighted by atomic mass is 35.5. The minimum absolute atomic E-state index is 0.214. The van der Waals surface area contributed by atoms with E-state index in [2.05, 4.69) is 10.3 Å². The molecule has 1 aliphatic heterocycles. The van der Waals surface area contributed by atoms with Gasteiger partial charge in [0.2, 0.25) is 0 Å². The number of ether oxygens (including phenoxy) is 1. The highest BCUT2D eigenvalue weighted by Gasteiger charge is 2.38. The van der Waals surface area contributed by atoms with Crippen LogP contribution in [0.2, 0.25) is 5.02 Å². The molecule has 0 saturated heterocycles. The number of pyridine rings is 1. The third-order valence-corrected chi connectivity index (χ3v) is 8.65. The van der Waals surface area contributed by atoms with Crippen LogP contribution in [0.3, 0.4) is 0 Å². The highest BCUT2D eigenvalue weighted by Crippen LogP contribution is 2.37. The summed E-state index contributed by atoms with van der Waals surface area (Å²) >= 11 is 6.89. The number of halogens is 1. The van der Waals surface area contributed by atoms with Crippen LogP contribution in [0.5, 0.6) is 0 Å². The van der Waals surface area contributed by atoms with Crippen LogP contribution >= 0.6 is 22.9 Å². The quantitative estimate of drug-likeness (QED) is 0.491. The molecule has 3 aromatic rings. The monoisotopic (exact) mass is 505 g/mol. The molecule has 2 aromatic heterocycles. The molecule has 8 nitrogen and oxygen atoms in total. The van der Waals surface area contributed by atoms with Crippen LogP contribution in [-0.4, -0.2) is 42.7 Å². The third kappa shape index (κ3) is 5.41. The number of esters is 1. The lowest BCUT2D eigenvalue weighted by Gasteiger charge is -2.35. The van der Waals surface area contributed by atoms with Crippen molar-refractivity contribution >= 4 is 50.7 Å². The van der Waals surface area contributed by atoms with Crippen molar-refractivity contribution in [3.05, 3.63) is 76.3 Å². The summed E-state index contributed by atoms with van der Waals surface area (Å²) in [6.45, 7) is -0.271. The zero-order valence-corrected chi connectivity index (χ0v) is 19.7. The van der Waals surface area contributed by atoms with Crippen molar-refractivity contribution in [2.45, 2.75) is 23.1 Å². The van der Waals surface area contributed by atoms with Gasteiger partial charge in [0.05, 0.1) is 17.5 Å². The molecule has 1 N–H and O–H groups in total. The Kier molecular flexibility index (Phi) is 7.08. The highest BCUT2D eigenvalue weighted by molar-refractivity contribution is 7.91. The van der Waals surface area contributed by atoms with Gasteiger partial charge in [0.15, 0.2) is 6.61 Å². The maximum Gasteiger partial charge on any atom is 0.308 e. The number of amides is 1. The van der Waals surface area contributed by atoms with Crippen molar-refractivity contribution in [3.63, 3.8) is 0 Å². The van der Waals surface area contributed by atoms with Crippen molar-refractivity contribution in [3.8, 4) is 0 Å². The number of benzene rings is 1. The molecule has 1 atom stereocenters. The van der Waals surface area contributed by atoms with Gasteiger partial charge in [0, 0.05) is 12.7 Å². The zero-order chi connectivity index (χ0) is 23.4. The minimum atomic E-state index is -3.79. The van der Waals surface area contributed by atoms with Gasteiger partial charge in [-0.3, -0.25) is 9.59 Å². The molecule has 1 aromatic carbocycles. The summed E-state index contributed by atoms with van der Waals surface area (Å²) in [5.41, 5.74) is 1.75. The van der Waals surface area contributed by atoms with E-state index in [1.54, 1.807) is 23.6 Å². The van der Waals surface area contributed by atoms with Gasteiger partial charge in [0.1, 0.15) is 10.0 Å². The lowest BCUT2D eigenvalue weighted by molar-refractivity contribution is -0.148. The Morgan fingerprint density at radius 1 is 1.18 bits per heavy atom. The summed E-state index contributed by atoms with van der Waals surface area (Å²) < 4.78 is 33.2. The molecule has 0 spiro atoms. The van der Waals surface area contributed by atoms with Crippen molar-refractivity contribution in [2.75, 3.05) is 18.5 Å². The van der Waals surface area contributed by atoms with Gasteiger partial charge in [-0.25, -0.2) is 13.4 Å². The van der Waals surface area contributed by atoms with Gasteiger partial charge >= 0.3 is 5.97 Å². The number of rotatable bonds is 7. The molecule has 0 radical (unpaired) electrons. The summed E-state index contributed by atoms with van der Waals surface area (Å²) in [5.74, 6) is -0.970. The van der Waals surface area contributed by atoms with Gasteiger partial charge in [-0.1, -0.05) is 41.9 Å². The lowest BCUT2D eigenvalue weighted by atomic mass is 9.92. The van der Waals surface area contributed by atoms with E-state index in [1.807, 2.05) is 24.3 Å². The number of aromatic nitrogens is 1. The molecule has 0 aliphatic carbocycles. The number of nitrogens with one attached hydrogen (secondary N) is 1. The Balaban J connectivity index is 1.46. The van der Waals surface area contributed by atoms with Crippen LogP contribution in [0.1, 0.15) is 23.6 Å². The fourth-order valence-corrected chi connectivity index (χ4v) is 6.48. The topological polar surface area (TPSA) is 106 Å². The second kappa shape index (κ2) is 10.0. The van der Waals surface area contributed by atoms with Gasteiger partial charge < -0.3 is 10.1 Å². The molecule has 0 bridgehead atoms. The molecule has 1 amide bonds. The molecule has 1 aliphatic rings. The smallest absolute Gasteiger partial charge is 0.308 e. The van der Waals surface area contributed by atoms with E-state index in [9.17, 15) is 18.0 Å². The second-order valence-electron chi connectivity index (χ2n) is 7.29. The van der Waals surface area contributed by atoms with E-state index in [0.29, 0.717) is 11.4 Å². The van der Waals surface area contributed by atoms with Crippen LogP contribution in [-0.2, 0) is 30.8 Å². The number of thiophene rings is 1. The molecule has 3 heterocycles. The van der Waals surface area contributed by atoms with Gasteiger partial charge in [0.25, 0.3) is 15.9 Å². The molecule has 1 unspecified atom stereocenters. The van der Waals surface area contributed by atoms with Crippen LogP contribution < -0.4 is 5.32 Å². The molecular formula is C22H20ClN3O5S2. The summed E-state index contributed by atoms with van der Waals surface area (Å²) in [5, 5.41) is 4.63. The number of hydrogen-bond acceptors (Lipinski definition) is 7. The maximum atomic E-state index is 13.2. The Hall–Kier alpha value is -2.79. The second-order valence-corrected chi connectivity index (χ2v) is 10.8. The van der Waals surface area contributed by atoms with Crippen LogP contribution in [0.25, 0.3) is 0 Å². The number of nitrogens with zero attached hydrogens (tertiary/aromatic N) is 2. The minimum Gasteiger partial charge on any atom is -0.456 e. The Labute approximate surface area is 200 Å². The van der Waals surface area contributed by atoms with E-state index in [-0.39, 0.29) is 23.0 Å². The SMILES string of the molecule is O=C(COC(=O)CC1c2ccccc2CCN1S(=O)(=O)c1cccs1)Nc1ccc(Cl)cn1. The summed E-state index contributed by atoms with van der Waals surface area (Å²) in [4.78, 5) is 28.7. The molecule has 11 heteroatoms. The first-order valence-electron chi connectivity index (χ1n) is 10.0. The van der Waals surface area contributed by atoms with Gasteiger partial charge in [-0.2, -0.15) is 4.31 Å².